The summed E-state index contributed by atoms with van der Waals surface area (Å²) in [6.45, 7) is 0.126. The molecule has 1 aliphatic carbocycles. The number of hydrogen-bond acceptors (Lipinski definition) is 11. The average Bonchev–Trinajstić information content (AvgIpc) is 3.36. The Hall–Kier alpha value is -3.83. The van der Waals surface area contributed by atoms with Crippen LogP contribution in [0.25, 0.3) is 0 Å². The summed E-state index contributed by atoms with van der Waals surface area (Å²) in [4.78, 5) is 0. The fraction of sp³-hybridized carbons (Fsp3) is 0.390. The van der Waals surface area contributed by atoms with Gasteiger partial charge in [-0.15, -0.1) is 0 Å². The van der Waals surface area contributed by atoms with E-state index in [9.17, 15) is 25.5 Å². The van der Waals surface area contributed by atoms with Gasteiger partial charge in [0, 0.05) is 0 Å². The first kappa shape index (κ1) is 39.9. The van der Waals surface area contributed by atoms with Crippen LogP contribution in [0.4, 0.5) is 0 Å². The first-order chi connectivity index (χ1) is 26.3. The molecule has 0 bridgehead atoms. The van der Waals surface area contributed by atoms with Crippen molar-refractivity contribution in [1.82, 2.24) is 10.6 Å². The second kappa shape index (κ2) is 19.2. The second-order valence-corrected chi connectivity index (χ2v) is 14.0. The van der Waals surface area contributed by atoms with Gasteiger partial charge in [0.05, 0.1) is 45.7 Å². The SMILES string of the molecule is OC[C@]1(O)[C@H](NC(=S)N[C@H]2O[C@H](COCc3ccccc3)[C@@H](OCc3ccccc3)[C@H](OCc3ccccc3)[C@H]2OCc2ccccc2)[C@H](O)[C@H](O)[C@@H]1O. The van der Waals surface area contributed by atoms with Crippen LogP contribution in [-0.4, -0.2) is 104 Å². The van der Waals surface area contributed by atoms with Crippen molar-refractivity contribution >= 4 is 17.3 Å². The molecule has 2 aliphatic rings. The lowest BCUT2D eigenvalue weighted by molar-refractivity contribution is -0.275. The first-order valence-corrected chi connectivity index (χ1v) is 18.4. The maximum absolute atomic E-state index is 11.0. The smallest absolute Gasteiger partial charge is 0.168 e. The molecule has 4 aromatic rings. The van der Waals surface area contributed by atoms with Crippen molar-refractivity contribution in [2.45, 2.75) is 87.0 Å². The van der Waals surface area contributed by atoms with E-state index in [2.05, 4.69) is 10.6 Å². The maximum atomic E-state index is 11.0. The van der Waals surface area contributed by atoms with E-state index < -0.39 is 67.2 Å². The highest BCUT2D eigenvalue weighted by Crippen LogP contribution is 2.33. The Morgan fingerprint density at radius 2 is 1.06 bits per heavy atom. The zero-order chi connectivity index (χ0) is 37.9. The van der Waals surface area contributed by atoms with E-state index in [0.717, 1.165) is 22.3 Å². The minimum absolute atomic E-state index is 0.104. The van der Waals surface area contributed by atoms with Gasteiger partial charge in [-0.2, -0.15) is 0 Å². The number of benzene rings is 4. The molecule has 0 radical (unpaired) electrons. The van der Waals surface area contributed by atoms with Gasteiger partial charge < -0.3 is 59.9 Å². The molecular weight excluding hydrogens is 713 g/mol. The summed E-state index contributed by atoms with van der Waals surface area (Å²) in [5.41, 5.74) is 1.46. The summed E-state index contributed by atoms with van der Waals surface area (Å²) in [5, 5.41) is 58.3. The quantitative estimate of drug-likeness (QED) is 0.0832. The molecule has 1 saturated heterocycles. The Bertz CT molecular complexity index is 1710. The zero-order valence-electron chi connectivity index (χ0n) is 29.7. The van der Waals surface area contributed by atoms with Crippen LogP contribution in [0.1, 0.15) is 22.3 Å². The third-order valence-corrected chi connectivity index (χ3v) is 10.00. The molecule has 0 unspecified atom stereocenters. The molecule has 1 aliphatic heterocycles. The van der Waals surface area contributed by atoms with Gasteiger partial charge in [-0.3, -0.25) is 0 Å². The first-order valence-electron chi connectivity index (χ1n) is 17.9. The molecule has 6 rings (SSSR count). The summed E-state index contributed by atoms with van der Waals surface area (Å²) in [6, 6.07) is 37.4. The third-order valence-electron chi connectivity index (χ3n) is 9.76. The van der Waals surface area contributed by atoms with E-state index in [1.165, 1.54) is 0 Å². The molecule has 13 heteroatoms. The number of hydrogen-bond donors (Lipinski definition) is 7. The van der Waals surface area contributed by atoms with E-state index in [1.54, 1.807) is 0 Å². The highest BCUT2D eigenvalue weighted by Gasteiger charge is 2.59. The van der Waals surface area contributed by atoms with E-state index in [1.807, 2.05) is 121 Å². The summed E-state index contributed by atoms with van der Waals surface area (Å²) in [7, 11) is 0. The van der Waals surface area contributed by atoms with Crippen LogP contribution in [0.5, 0.6) is 0 Å². The monoisotopic (exact) mass is 760 g/mol. The van der Waals surface area contributed by atoms with Gasteiger partial charge in [-0.25, -0.2) is 0 Å². The largest absolute Gasteiger partial charge is 0.393 e. The van der Waals surface area contributed by atoms with Crippen LogP contribution in [0.15, 0.2) is 121 Å². The fourth-order valence-corrected chi connectivity index (χ4v) is 7.02. The Kier molecular flexibility index (Phi) is 14.1. The van der Waals surface area contributed by atoms with E-state index in [0.29, 0.717) is 6.61 Å². The van der Waals surface area contributed by atoms with Gasteiger partial charge in [-0.05, 0) is 34.5 Å². The van der Waals surface area contributed by atoms with Gasteiger partial charge in [0.25, 0.3) is 0 Å². The summed E-state index contributed by atoms with van der Waals surface area (Å²) in [5.74, 6) is 0. The highest BCUT2D eigenvalue weighted by molar-refractivity contribution is 7.80. The van der Waals surface area contributed by atoms with E-state index >= 15 is 0 Å². The molecule has 12 nitrogen and oxygen atoms in total. The van der Waals surface area contributed by atoms with Crippen molar-refractivity contribution < 1.29 is 49.2 Å². The van der Waals surface area contributed by atoms with Gasteiger partial charge in [-0.1, -0.05) is 121 Å². The molecule has 288 valence electrons. The molecule has 2 fully saturated rings. The van der Waals surface area contributed by atoms with E-state index in [4.69, 9.17) is 35.9 Å². The van der Waals surface area contributed by atoms with Gasteiger partial charge >= 0.3 is 0 Å². The average molecular weight is 761 g/mol. The summed E-state index contributed by atoms with van der Waals surface area (Å²) in [6.07, 6.45) is -9.28. The fourth-order valence-electron chi connectivity index (χ4n) is 6.78. The maximum Gasteiger partial charge on any atom is 0.168 e. The number of nitrogens with one attached hydrogen (secondary N) is 2. The summed E-state index contributed by atoms with van der Waals surface area (Å²) >= 11 is 5.67. The van der Waals surface area contributed by atoms with E-state index in [-0.39, 0.29) is 31.5 Å². The Labute approximate surface area is 320 Å². The molecule has 54 heavy (non-hydrogen) atoms. The van der Waals surface area contributed by atoms with Crippen LogP contribution >= 0.6 is 12.2 Å². The topological polar surface area (TPSA) is 171 Å². The normalized spacial score (nSPS) is 29.5. The molecule has 0 spiro atoms. The lowest BCUT2D eigenvalue weighted by atomic mass is 9.96. The lowest BCUT2D eigenvalue weighted by Gasteiger charge is -2.46. The molecule has 1 saturated carbocycles. The van der Waals surface area contributed by atoms with Gasteiger partial charge in [0.15, 0.2) is 11.3 Å². The van der Waals surface area contributed by atoms with Crippen molar-refractivity contribution in [2.75, 3.05) is 13.2 Å². The second-order valence-electron chi connectivity index (χ2n) is 13.6. The Morgan fingerprint density at radius 1 is 0.611 bits per heavy atom. The van der Waals surface area contributed by atoms with Crippen LogP contribution in [-0.2, 0) is 50.1 Å². The van der Waals surface area contributed by atoms with Crippen LogP contribution in [0, 0.1) is 0 Å². The Balaban J connectivity index is 1.31. The molecule has 10 atom stereocenters. The van der Waals surface area contributed by atoms with Crippen molar-refractivity contribution in [3.8, 4) is 0 Å². The Morgan fingerprint density at radius 3 is 1.54 bits per heavy atom. The molecule has 1 heterocycles. The van der Waals surface area contributed by atoms with Crippen molar-refractivity contribution in [3.05, 3.63) is 144 Å². The van der Waals surface area contributed by atoms with Crippen LogP contribution in [0.2, 0.25) is 0 Å². The molecule has 0 amide bonds. The number of aliphatic hydroxyl groups is 5. The van der Waals surface area contributed by atoms with Gasteiger partial charge in [0.1, 0.15) is 48.3 Å². The number of ether oxygens (including phenoxy) is 5. The standard InChI is InChI=1S/C41H48N2O10S/c44-26-41(48)37(32(45)33(46)38(41)47)42-40(54)43-39-36(52-24-30-19-11-4-12-20-30)35(51-23-29-17-9-3-10-18-29)34(50-22-28-15-7-2-8-16-28)31(53-39)25-49-21-27-13-5-1-6-14-27/h1-20,31-39,44-48H,21-26H2,(H2,42,43,54)/t31-,32-,33+,34-,35+,36-,37-,38+,39+,41+/m1/s1. The lowest BCUT2D eigenvalue weighted by Crippen LogP contribution is -2.67. The zero-order valence-corrected chi connectivity index (χ0v) is 30.5. The predicted molar refractivity (Wildman–Crippen MR) is 203 cm³/mol. The number of aliphatic hydroxyl groups excluding tert-OH is 4. The van der Waals surface area contributed by atoms with Crippen molar-refractivity contribution in [3.63, 3.8) is 0 Å². The van der Waals surface area contributed by atoms with Crippen molar-refractivity contribution in [2.24, 2.45) is 0 Å². The highest BCUT2D eigenvalue weighted by atomic mass is 32.1. The number of thiocarbonyl (C=S) groups is 1. The van der Waals surface area contributed by atoms with Crippen LogP contribution in [0.3, 0.4) is 0 Å². The summed E-state index contributed by atoms with van der Waals surface area (Å²) < 4.78 is 33.0. The molecule has 0 aromatic heterocycles. The number of rotatable bonds is 16. The van der Waals surface area contributed by atoms with Crippen molar-refractivity contribution in [1.29, 1.82) is 0 Å². The minimum Gasteiger partial charge on any atom is -0.393 e. The van der Waals surface area contributed by atoms with Gasteiger partial charge in [0.2, 0.25) is 0 Å². The molecule has 7 N–H and O–H groups in total. The van der Waals surface area contributed by atoms with Crippen LogP contribution < -0.4 is 10.6 Å². The predicted octanol–water partition coefficient (Wildman–Crippen LogP) is 2.34. The minimum atomic E-state index is -2.30. The third kappa shape index (κ3) is 9.88. The molecular formula is C41H48N2O10S. The molecule has 4 aromatic carbocycles.